The Hall–Kier alpha value is -3.18. The van der Waals surface area contributed by atoms with Gasteiger partial charge < -0.3 is 4.57 Å². The predicted molar refractivity (Wildman–Crippen MR) is 96.3 cm³/mol. The van der Waals surface area contributed by atoms with Crippen LogP contribution in [0.25, 0.3) is 11.6 Å². The van der Waals surface area contributed by atoms with Gasteiger partial charge in [-0.05, 0) is 18.6 Å². The molecule has 140 valence electrons. The van der Waals surface area contributed by atoms with Crippen LogP contribution in [-0.2, 0) is 16.6 Å². The van der Waals surface area contributed by atoms with Gasteiger partial charge >= 0.3 is 0 Å². The molecule has 0 aliphatic rings. The molecule has 0 unspecified atom stereocenters. The first-order valence-electron chi connectivity index (χ1n) is 7.92. The molecule has 10 nitrogen and oxygen atoms in total. The number of hydrogen-bond donors (Lipinski definition) is 1. The lowest BCUT2D eigenvalue weighted by Crippen LogP contribution is -2.28. The summed E-state index contributed by atoms with van der Waals surface area (Å²) >= 11 is 0. The van der Waals surface area contributed by atoms with Crippen molar-refractivity contribution in [1.82, 2.24) is 24.2 Å². The van der Waals surface area contributed by atoms with Crippen LogP contribution < -0.4 is 4.72 Å². The standard InChI is InChI=1S/C16H16N6O4S/c1-12-3-4-13(22(23)24)11-14(12)27(25,26)20-8-10-21-9-7-19-16(21)15-17-5-2-6-18-15/h2-7,9,11,20H,8,10H2,1H3. The second kappa shape index (κ2) is 7.60. The van der Waals surface area contributed by atoms with Crippen molar-refractivity contribution in [3.8, 4) is 11.6 Å². The number of imidazole rings is 1. The highest BCUT2D eigenvalue weighted by Crippen LogP contribution is 2.21. The normalized spacial score (nSPS) is 11.4. The molecule has 3 rings (SSSR count). The molecule has 2 heterocycles. The summed E-state index contributed by atoms with van der Waals surface area (Å²) in [4.78, 5) is 22.6. The minimum atomic E-state index is -3.90. The second-order valence-electron chi connectivity index (χ2n) is 5.62. The van der Waals surface area contributed by atoms with Crippen LogP contribution in [0.4, 0.5) is 5.69 Å². The van der Waals surface area contributed by atoms with E-state index in [9.17, 15) is 18.5 Å². The van der Waals surface area contributed by atoms with E-state index in [1.165, 1.54) is 12.1 Å². The van der Waals surface area contributed by atoms with Crippen LogP contribution in [0, 0.1) is 17.0 Å². The Morgan fingerprint density at radius 2 is 1.93 bits per heavy atom. The summed E-state index contributed by atoms with van der Waals surface area (Å²) in [5.41, 5.74) is 0.146. The number of sulfonamides is 1. The van der Waals surface area contributed by atoms with E-state index < -0.39 is 14.9 Å². The zero-order valence-electron chi connectivity index (χ0n) is 14.3. The molecule has 0 bridgehead atoms. The first-order chi connectivity index (χ1) is 12.9. The van der Waals surface area contributed by atoms with E-state index in [4.69, 9.17) is 0 Å². The average Bonchev–Trinajstić information content (AvgIpc) is 3.11. The smallest absolute Gasteiger partial charge is 0.270 e. The van der Waals surface area contributed by atoms with Crippen molar-refractivity contribution >= 4 is 15.7 Å². The van der Waals surface area contributed by atoms with Gasteiger partial charge in [-0.3, -0.25) is 10.1 Å². The topological polar surface area (TPSA) is 133 Å². The molecule has 0 saturated carbocycles. The van der Waals surface area contributed by atoms with Gasteiger partial charge in [0.1, 0.15) is 0 Å². The third-order valence-electron chi connectivity index (χ3n) is 3.80. The molecule has 2 aromatic heterocycles. The van der Waals surface area contributed by atoms with Gasteiger partial charge in [-0.2, -0.15) is 0 Å². The fourth-order valence-corrected chi connectivity index (χ4v) is 3.76. The van der Waals surface area contributed by atoms with Crippen LogP contribution in [0.1, 0.15) is 5.56 Å². The Labute approximate surface area is 155 Å². The van der Waals surface area contributed by atoms with E-state index >= 15 is 0 Å². The molecule has 1 N–H and O–H groups in total. The van der Waals surface area contributed by atoms with E-state index in [2.05, 4.69) is 19.7 Å². The lowest BCUT2D eigenvalue weighted by Gasteiger charge is -2.11. The maximum atomic E-state index is 12.5. The van der Waals surface area contributed by atoms with Crippen molar-refractivity contribution in [2.75, 3.05) is 6.54 Å². The van der Waals surface area contributed by atoms with Crippen molar-refractivity contribution in [2.45, 2.75) is 18.4 Å². The number of aromatic nitrogens is 4. The van der Waals surface area contributed by atoms with Gasteiger partial charge in [0.15, 0.2) is 11.6 Å². The minimum Gasteiger partial charge on any atom is -0.327 e. The van der Waals surface area contributed by atoms with Crippen molar-refractivity contribution < 1.29 is 13.3 Å². The zero-order valence-corrected chi connectivity index (χ0v) is 15.1. The van der Waals surface area contributed by atoms with Crippen molar-refractivity contribution in [1.29, 1.82) is 0 Å². The lowest BCUT2D eigenvalue weighted by molar-refractivity contribution is -0.385. The molecule has 11 heteroatoms. The zero-order chi connectivity index (χ0) is 19.4. The molecule has 3 aromatic rings. The summed E-state index contributed by atoms with van der Waals surface area (Å²) < 4.78 is 29.2. The molecule has 0 aliphatic heterocycles. The van der Waals surface area contributed by atoms with Gasteiger partial charge in [0.05, 0.1) is 9.82 Å². The van der Waals surface area contributed by atoms with E-state index in [1.54, 1.807) is 42.3 Å². The Bertz CT molecular complexity index is 1070. The maximum Gasteiger partial charge on any atom is 0.270 e. The monoisotopic (exact) mass is 388 g/mol. The highest BCUT2D eigenvalue weighted by molar-refractivity contribution is 7.89. The molecule has 27 heavy (non-hydrogen) atoms. The van der Waals surface area contributed by atoms with Crippen LogP contribution >= 0.6 is 0 Å². The van der Waals surface area contributed by atoms with Crippen LogP contribution in [0.15, 0.2) is 53.9 Å². The number of nitro benzene ring substituents is 1. The first kappa shape index (κ1) is 18.6. The molecular weight excluding hydrogens is 372 g/mol. The van der Waals surface area contributed by atoms with Gasteiger partial charge in [-0.1, -0.05) is 6.07 Å². The molecule has 0 aliphatic carbocycles. The Morgan fingerprint density at radius 1 is 1.19 bits per heavy atom. The fraction of sp³-hybridized carbons (Fsp3) is 0.188. The predicted octanol–water partition coefficient (Wildman–Crippen LogP) is 1.54. The Kier molecular flexibility index (Phi) is 5.23. The van der Waals surface area contributed by atoms with Gasteiger partial charge in [0.25, 0.3) is 5.69 Å². The summed E-state index contributed by atoms with van der Waals surface area (Å²) in [7, 11) is -3.90. The molecule has 1 aromatic carbocycles. The van der Waals surface area contributed by atoms with E-state index in [1.807, 2.05) is 0 Å². The third-order valence-corrected chi connectivity index (χ3v) is 5.40. The molecule has 0 atom stereocenters. The molecule has 0 saturated heterocycles. The van der Waals surface area contributed by atoms with Crippen LogP contribution in [0.3, 0.4) is 0 Å². The van der Waals surface area contributed by atoms with Crippen molar-refractivity contribution in [3.63, 3.8) is 0 Å². The summed E-state index contributed by atoms with van der Waals surface area (Å²) in [5.74, 6) is 0.946. The number of hydrogen-bond acceptors (Lipinski definition) is 7. The second-order valence-corrected chi connectivity index (χ2v) is 7.36. The highest BCUT2D eigenvalue weighted by Gasteiger charge is 2.20. The SMILES string of the molecule is Cc1ccc([N+](=O)[O-])cc1S(=O)(=O)NCCn1ccnc1-c1ncccn1. The molecule has 0 radical (unpaired) electrons. The molecular formula is C16H16N6O4S. The Morgan fingerprint density at radius 3 is 2.63 bits per heavy atom. The lowest BCUT2D eigenvalue weighted by atomic mass is 10.2. The number of non-ortho nitro benzene ring substituents is 1. The van der Waals surface area contributed by atoms with E-state index in [0.717, 1.165) is 6.07 Å². The van der Waals surface area contributed by atoms with Crippen molar-refractivity contribution in [2.24, 2.45) is 0 Å². The quantitative estimate of drug-likeness (QED) is 0.479. The summed E-state index contributed by atoms with van der Waals surface area (Å²) in [6.45, 7) is 1.94. The number of nitro groups is 1. The summed E-state index contributed by atoms with van der Waals surface area (Å²) in [6, 6.07) is 5.42. The number of aryl methyl sites for hydroxylation is 1. The number of nitrogens with one attached hydrogen (secondary N) is 1. The number of rotatable bonds is 7. The van der Waals surface area contributed by atoms with Crippen LogP contribution in [-0.4, -0.2) is 39.4 Å². The first-order valence-corrected chi connectivity index (χ1v) is 9.40. The third kappa shape index (κ3) is 4.15. The van der Waals surface area contributed by atoms with Crippen LogP contribution in [0.5, 0.6) is 0 Å². The van der Waals surface area contributed by atoms with Gasteiger partial charge in [-0.25, -0.2) is 28.1 Å². The van der Waals surface area contributed by atoms with Gasteiger partial charge in [0, 0.05) is 50.0 Å². The minimum absolute atomic E-state index is 0.0701. The molecule has 0 amide bonds. The maximum absolute atomic E-state index is 12.5. The molecule has 0 fully saturated rings. The summed E-state index contributed by atoms with van der Waals surface area (Å²) in [6.07, 6.45) is 6.45. The van der Waals surface area contributed by atoms with Gasteiger partial charge in [-0.15, -0.1) is 0 Å². The van der Waals surface area contributed by atoms with E-state index in [-0.39, 0.29) is 17.1 Å². The Balaban J connectivity index is 1.74. The van der Waals surface area contributed by atoms with E-state index in [0.29, 0.717) is 23.8 Å². The molecule has 0 spiro atoms. The van der Waals surface area contributed by atoms with Crippen molar-refractivity contribution in [3.05, 3.63) is 64.7 Å². The number of nitrogens with zero attached hydrogens (tertiary/aromatic N) is 5. The van der Waals surface area contributed by atoms with Gasteiger partial charge in [0.2, 0.25) is 10.0 Å². The number of benzene rings is 1. The average molecular weight is 388 g/mol. The largest absolute Gasteiger partial charge is 0.327 e. The van der Waals surface area contributed by atoms with Crippen LogP contribution in [0.2, 0.25) is 0 Å². The highest BCUT2D eigenvalue weighted by atomic mass is 32.2. The fourth-order valence-electron chi connectivity index (χ4n) is 2.48. The summed E-state index contributed by atoms with van der Waals surface area (Å²) in [5, 5.41) is 10.9.